The summed E-state index contributed by atoms with van der Waals surface area (Å²) in [6.07, 6.45) is 0.786. The third-order valence-corrected chi connectivity index (χ3v) is 5.54. The maximum Gasteiger partial charge on any atom is 0.227 e. The maximum atomic E-state index is 10.2. The monoisotopic (exact) mass is 377 g/mol. The minimum atomic E-state index is 0.274. The van der Waals surface area contributed by atoms with Crippen LogP contribution < -0.4 is 15.5 Å². The SMILES string of the molecule is Nc1nc(N2CCOCC2)nc2c1CCN(c1cc(O)cc3ccccc13)C2. The van der Waals surface area contributed by atoms with E-state index in [-0.39, 0.29) is 5.75 Å². The molecule has 1 fully saturated rings. The number of rotatable bonds is 2. The molecular formula is C21H23N5O2. The lowest BCUT2D eigenvalue weighted by atomic mass is 10.0. The van der Waals surface area contributed by atoms with Gasteiger partial charge < -0.3 is 25.4 Å². The van der Waals surface area contributed by atoms with Crippen LogP contribution in [0.4, 0.5) is 17.5 Å². The van der Waals surface area contributed by atoms with Gasteiger partial charge in [0.05, 0.1) is 25.5 Å². The lowest BCUT2D eigenvalue weighted by Crippen LogP contribution is -2.38. The van der Waals surface area contributed by atoms with Crippen molar-refractivity contribution in [3.05, 3.63) is 47.7 Å². The number of phenols is 1. The van der Waals surface area contributed by atoms with Crippen LogP contribution in [0.25, 0.3) is 10.8 Å². The van der Waals surface area contributed by atoms with Crippen LogP contribution in [-0.4, -0.2) is 47.9 Å². The first-order valence-corrected chi connectivity index (χ1v) is 9.64. The molecule has 0 saturated carbocycles. The summed E-state index contributed by atoms with van der Waals surface area (Å²) in [7, 11) is 0. The molecule has 144 valence electrons. The highest BCUT2D eigenvalue weighted by Crippen LogP contribution is 2.35. The zero-order valence-electron chi connectivity index (χ0n) is 15.6. The van der Waals surface area contributed by atoms with Gasteiger partial charge in [-0.1, -0.05) is 24.3 Å². The number of benzene rings is 2. The molecule has 3 heterocycles. The Morgan fingerprint density at radius 1 is 1.00 bits per heavy atom. The smallest absolute Gasteiger partial charge is 0.227 e. The molecule has 1 aromatic heterocycles. The van der Waals surface area contributed by atoms with Gasteiger partial charge in [0.2, 0.25) is 5.95 Å². The van der Waals surface area contributed by atoms with Gasteiger partial charge in [-0.2, -0.15) is 4.98 Å². The molecule has 0 bridgehead atoms. The quantitative estimate of drug-likeness (QED) is 0.708. The van der Waals surface area contributed by atoms with Crippen molar-refractivity contribution in [1.29, 1.82) is 0 Å². The fourth-order valence-corrected chi connectivity index (χ4v) is 4.09. The Kier molecular flexibility index (Phi) is 4.16. The number of nitrogen functional groups attached to an aromatic ring is 1. The molecule has 0 spiro atoms. The fourth-order valence-electron chi connectivity index (χ4n) is 4.09. The van der Waals surface area contributed by atoms with Gasteiger partial charge in [-0.05, 0) is 17.9 Å². The Hall–Kier alpha value is -3.06. The number of aromatic nitrogens is 2. The minimum Gasteiger partial charge on any atom is -0.508 e. The minimum absolute atomic E-state index is 0.274. The summed E-state index contributed by atoms with van der Waals surface area (Å²) in [6.45, 7) is 4.37. The van der Waals surface area contributed by atoms with Gasteiger partial charge in [0.1, 0.15) is 11.6 Å². The highest BCUT2D eigenvalue weighted by molar-refractivity contribution is 5.95. The maximum absolute atomic E-state index is 10.2. The Morgan fingerprint density at radius 2 is 1.82 bits per heavy atom. The highest BCUT2D eigenvalue weighted by atomic mass is 16.5. The van der Waals surface area contributed by atoms with Crippen molar-refractivity contribution >= 4 is 28.2 Å². The second-order valence-corrected chi connectivity index (χ2v) is 7.29. The molecule has 3 N–H and O–H groups in total. The van der Waals surface area contributed by atoms with Crippen LogP contribution in [0.1, 0.15) is 11.3 Å². The van der Waals surface area contributed by atoms with E-state index in [0.717, 1.165) is 53.8 Å². The summed E-state index contributed by atoms with van der Waals surface area (Å²) >= 11 is 0. The third-order valence-electron chi connectivity index (χ3n) is 5.54. The normalized spacial score (nSPS) is 17.0. The van der Waals surface area contributed by atoms with E-state index in [2.05, 4.69) is 20.9 Å². The predicted octanol–water partition coefficient (Wildman–Crippen LogP) is 2.32. The van der Waals surface area contributed by atoms with E-state index in [1.165, 1.54) is 0 Å². The van der Waals surface area contributed by atoms with Gasteiger partial charge in [0.25, 0.3) is 0 Å². The van der Waals surface area contributed by atoms with Gasteiger partial charge in [-0.15, -0.1) is 0 Å². The van der Waals surface area contributed by atoms with Gasteiger partial charge in [0, 0.05) is 42.3 Å². The van der Waals surface area contributed by atoms with Gasteiger partial charge >= 0.3 is 0 Å². The third kappa shape index (κ3) is 2.97. The van der Waals surface area contributed by atoms with E-state index in [4.69, 9.17) is 15.5 Å². The Bertz CT molecular complexity index is 1030. The molecule has 0 atom stereocenters. The molecule has 7 nitrogen and oxygen atoms in total. The fraction of sp³-hybridized carbons (Fsp3) is 0.333. The number of fused-ring (bicyclic) bond motifs is 2. The molecule has 0 radical (unpaired) electrons. The molecule has 2 aliphatic heterocycles. The molecule has 0 aliphatic carbocycles. The van der Waals surface area contributed by atoms with Crippen LogP contribution >= 0.6 is 0 Å². The number of hydrogen-bond donors (Lipinski definition) is 2. The van der Waals surface area contributed by atoms with Crippen molar-refractivity contribution in [2.75, 3.05) is 48.4 Å². The number of nitrogens with two attached hydrogens (primary N) is 1. The summed E-state index contributed by atoms with van der Waals surface area (Å²) in [4.78, 5) is 13.8. The second kappa shape index (κ2) is 6.83. The standard InChI is InChI=1S/C21H23N5O2/c22-20-17-5-6-26(19-12-15(27)11-14-3-1-2-4-16(14)19)13-18(17)23-21(24-20)25-7-9-28-10-8-25/h1-4,11-12,27H,5-10,13H2,(H2,22,23,24). The number of ether oxygens (including phenoxy) is 1. The first-order chi connectivity index (χ1) is 13.7. The highest BCUT2D eigenvalue weighted by Gasteiger charge is 2.25. The number of nitrogens with zero attached hydrogens (tertiary/aromatic N) is 4. The number of phenolic OH excluding ortho intramolecular Hbond substituents is 1. The molecule has 28 heavy (non-hydrogen) atoms. The predicted molar refractivity (Wildman–Crippen MR) is 110 cm³/mol. The Labute approximate surface area is 163 Å². The second-order valence-electron chi connectivity index (χ2n) is 7.29. The van der Waals surface area contributed by atoms with Gasteiger partial charge in [0.15, 0.2) is 0 Å². The van der Waals surface area contributed by atoms with Crippen LogP contribution in [0.2, 0.25) is 0 Å². The molecule has 7 heteroatoms. The molecule has 5 rings (SSSR count). The van der Waals surface area contributed by atoms with Crippen molar-refractivity contribution in [3.8, 4) is 5.75 Å². The molecule has 2 aliphatic rings. The molecule has 1 saturated heterocycles. The van der Waals surface area contributed by atoms with Crippen molar-refractivity contribution < 1.29 is 9.84 Å². The first kappa shape index (κ1) is 17.1. The summed E-state index contributed by atoms with van der Waals surface area (Å²) < 4.78 is 5.43. The zero-order valence-corrected chi connectivity index (χ0v) is 15.6. The van der Waals surface area contributed by atoms with Crippen LogP contribution in [0, 0.1) is 0 Å². The van der Waals surface area contributed by atoms with Crippen molar-refractivity contribution in [2.45, 2.75) is 13.0 Å². The van der Waals surface area contributed by atoms with Gasteiger partial charge in [-0.25, -0.2) is 4.98 Å². The molecule has 0 unspecified atom stereocenters. The molecule has 3 aromatic rings. The van der Waals surface area contributed by atoms with Crippen LogP contribution in [-0.2, 0) is 17.7 Å². The first-order valence-electron chi connectivity index (χ1n) is 9.64. The van der Waals surface area contributed by atoms with E-state index in [0.29, 0.717) is 31.5 Å². The lowest BCUT2D eigenvalue weighted by molar-refractivity contribution is 0.122. The van der Waals surface area contributed by atoms with E-state index in [1.807, 2.05) is 24.3 Å². The average Bonchev–Trinajstić information content (AvgIpc) is 2.73. The molecule has 0 amide bonds. The summed E-state index contributed by atoms with van der Waals surface area (Å²) in [5.41, 5.74) is 9.30. The van der Waals surface area contributed by atoms with Gasteiger partial charge in [-0.3, -0.25) is 0 Å². The Morgan fingerprint density at radius 3 is 2.68 bits per heavy atom. The average molecular weight is 377 g/mol. The number of anilines is 3. The van der Waals surface area contributed by atoms with Crippen LogP contribution in [0.15, 0.2) is 36.4 Å². The number of morpholine rings is 1. The summed E-state index contributed by atoms with van der Waals surface area (Å²) in [6, 6.07) is 11.8. The molecule has 2 aromatic carbocycles. The van der Waals surface area contributed by atoms with Crippen LogP contribution in [0.5, 0.6) is 5.75 Å². The topological polar surface area (TPSA) is 87.7 Å². The van der Waals surface area contributed by atoms with E-state index < -0.39 is 0 Å². The van der Waals surface area contributed by atoms with Crippen molar-refractivity contribution in [1.82, 2.24) is 9.97 Å². The Balaban J connectivity index is 1.52. The number of aromatic hydroxyl groups is 1. The van der Waals surface area contributed by atoms with Crippen molar-refractivity contribution in [3.63, 3.8) is 0 Å². The number of hydrogen-bond acceptors (Lipinski definition) is 7. The van der Waals surface area contributed by atoms with E-state index in [1.54, 1.807) is 6.07 Å². The van der Waals surface area contributed by atoms with E-state index >= 15 is 0 Å². The largest absolute Gasteiger partial charge is 0.508 e. The zero-order chi connectivity index (χ0) is 19.1. The van der Waals surface area contributed by atoms with Crippen molar-refractivity contribution in [2.24, 2.45) is 0 Å². The molecular weight excluding hydrogens is 354 g/mol. The summed E-state index contributed by atoms with van der Waals surface area (Å²) in [5, 5.41) is 12.4. The lowest BCUT2D eigenvalue weighted by Gasteiger charge is -2.33. The summed E-state index contributed by atoms with van der Waals surface area (Å²) in [5.74, 6) is 1.53. The van der Waals surface area contributed by atoms with E-state index in [9.17, 15) is 5.11 Å². The van der Waals surface area contributed by atoms with Crippen LogP contribution in [0.3, 0.4) is 0 Å².